The number of pyridine rings is 1. The molecule has 1 aromatic heterocycles. The molecule has 5 rings (SSSR count). The Labute approximate surface area is 129 Å². The fraction of sp³-hybridized carbons (Fsp3) is 0.647. The number of ether oxygens (including phenoxy) is 2. The fourth-order valence-electron chi connectivity index (χ4n) is 5.09. The number of hydrogen-bond acceptors (Lipinski definition) is 4. The molecule has 3 spiro atoms. The van der Waals surface area contributed by atoms with Gasteiger partial charge in [0.15, 0.2) is 5.79 Å². The molecule has 5 heteroatoms. The second-order valence-electron chi connectivity index (χ2n) is 7.40. The van der Waals surface area contributed by atoms with Crippen LogP contribution in [0.2, 0.25) is 0 Å². The summed E-state index contributed by atoms with van der Waals surface area (Å²) in [5, 5.41) is 3.01. The van der Waals surface area contributed by atoms with Gasteiger partial charge in [-0.1, -0.05) is 0 Å². The molecule has 2 saturated carbocycles. The lowest BCUT2D eigenvalue weighted by Gasteiger charge is -2.57. The number of carbonyl (C=O) groups is 1. The number of rotatable bonds is 0. The summed E-state index contributed by atoms with van der Waals surface area (Å²) in [5.74, 6) is -0.178. The summed E-state index contributed by atoms with van der Waals surface area (Å²) in [6.07, 6.45) is 7.73. The van der Waals surface area contributed by atoms with E-state index in [4.69, 9.17) is 9.47 Å². The first-order valence-corrected chi connectivity index (χ1v) is 8.21. The fourth-order valence-corrected chi connectivity index (χ4v) is 5.09. The van der Waals surface area contributed by atoms with Crippen molar-refractivity contribution in [2.24, 2.45) is 5.41 Å². The lowest BCUT2D eigenvalue weighted by molar-refractivity contribution is -0.204. The zero-order valence-corrected chi connectivity index (χ0v) is 12.6. The van der Waals surface area contributed by atoms with E-state index in [2.05, 4.69) is 10.3 Å². The smallest absolute Gasteiger partial charge is 0.236 e. The summed E-state index contributed by atoms with van der Waals surface area (Å²) in [4.78, 5) is 17.0. The molecule has 1 N–H and O–H groups in total. The van der Waals surface area contributed by atoms with Crippen LogP contribution in [0.3, 0.4) is 0 Å². The third-order valence-corrected chi connectivity index (χ3v) is 6.18. The third-order valence-electron chi connectivity index (χ3n) is 6.18. The molecule has 1 saturated heterocycles. The minimum absolute atomic E-state index is 0.139. The molecule has 1 aromatic rings. The summed E-state index contributed by atoms with van der Waals surface area (Å²) in [5.41, 5.74) is 1.76. The molecular weight excluding hydrogens is 280 g/mol. The van der Waals surface area contributed by atoms with Crippen LogP contribution in [0.4, 0.5) is 5.69 Å². The Bertz CT molecular complexity index is 633. The van der Waals surface area contributed by atoms with Gasteiger partial charge in [0.25, 0.3) is 0 Å². The van der Waals surface area contributed by atoms with Crippen molar-refractivity contribution in [2.75, 3.05) is 18.5 Å². The average Bonchev–Trinajstić information content (AvgIpc) is 3.06. The van der Waals surface area contributed by atoms with Crippen LogP contribution in [0.5, 0.6) is 0 Å². The Balaban J connectivity index is 1.37. The molecule has 2 aliphatic heterocycles. The first-order chi connectivity index (χ1) is 10.7. The molecule has 2 aliphatic carbocycles. The number of fused-ring (bicyclic) bond motifs is 2. The topological polar surface area (TPSA) is 60.5 Å². The van der Waals surface area contributed by atoms with Gasteiger partial charge in [0.05, 0.1) is 30.0 Å². The van der Waals surface area contributed by atoms with Gasteiger partial charge in [0.2, 0.25) is 5.91 Å². The molecular formula is C17H20N2O3. The van der Waals surface area contributed by atoms with Gasteiger partial charge in [0, 0.05) is 19.0 Å². The van der Waals surface area contributed by atoms with Crippen LogP contribution in [-0.4, -0.2) is 29.9 Å². The second kappa shape index (κ2) is 4.09. The van der Waals surface area contributed by atoms with Crippen molar-refractivity contribution in [1.29, 1.82) is 0 Å². The molecule has 0 unspecified atom stereocenters. The highest BCUT2D eigenvalue weighted by Gasteiger charge is 2.64. The molecule has 5 nitrogen and oxygen atoms in total. The Morgan fingerprint density at radius 3 is 2.55 bits per heavy atom. The molecule has 4 aliphatic rings. The van der Waals surface area contributed by atoms with E-state index in [1.807, 2.05) is 12.1 Å². The number of hydrogen-bond donors (Lipinski definition) is 1. The summed E-state index contributed by atoms with van der Waals surface area (Å²) in [6, 6.07) is 3.84. The summed E-state index contributed by atoms with van der Waals surface area (Å²) in [6.45, 7) is 1.44. The van der Waals surface area contributed by atoms with Gasteiger partial charge < -0.3 is 14.8 Å². The minimum Gasteiger partial charge on any atom is -0.348 e. The van der Waals surface area contributed by atoms with Crippen LogP contribution in [0.25, 0.3) is 0 Å². The predicted octanol–water partition coefficient (Wildman–Crippen LogP) is 2.37. The maximum Gasteiger partial charge on any atom is 0.236 e. The molecule has 1 amide bonds. The maximum atomic E-state index is 12.5. The Morgan fingerprint density at radius 2 is 1.82 bits per heavy atom. The summed E-state index contributed by atoms with van der Waals surface area (Å²) < 4.78 is 11.6. The molecule has 0 radical (unpaired) electrons. The van der Waals surface area contributed by atoms with Gasteiger partial charge in [0.1, 0.15) is 0 Å². The largest absolute Gasteiger partial charge is 0.348 e. The zero-order valence-electron chi connectivity index (χ0n) is 12.6. The van der Waals surface area contributed by atoms with Crippen LogP contribution in [0, 0.1) is 5.41 Å². The minimum atomic E-state index is -0.377. The van der Waals surface area contributed by atoms with Crippen LogP contribution in [0.15, 0.2) is 18.3 Å². The number of nitrogens with zero attached hydrogens (tertiary/aromatic N) is 1. The Kier molecular flexibility index (Phi) is 2.42. The van der Waals surface area contributed by atoms with E-state index in [9.17, 15) is 4.79 Å². The first-order valence-electron chi connectivity index (χ1n) is 8.21. The van der Waals surface area contributed by atoms with E-state index in [-0.39, 0.29) is 22.5 Å². The zero-order chi connectivity index (χ0) is 14.8. The van der Waals surface area contributed by atoms with Crippen molar-refractivity contribution in [2.45, 2.75) is 49.7 Å². The number of amides is 1. The molecule has 3 fully saturated rings. The van der Waals surface area contributed by atoms with Gasteiger partial charge in [-0.05, 0) is 43.2 Å². The van der Waals surface area contributed by atoms with Crippen LogP contribution >= 0.6 is 0 Å². The predicted molar refractivity (Wildman–Crippen MR) is 79.3 cm³/mol. The maximum absolute atomic E-state index is 12.5. The van der Waals surface area contributed by atoms with Crippen molar-refractivity contribution in [3.8, 4) is 0 Å². The molecule has 0 atom stereocenters. The number of carbonyl (C=O) groups excluding carboxylic acids is 1. The van der Waals surface area contributed by atoms with Crippen molar-refractivity contribution in [1.82, 2.24) is 4.98 Å². The van der Waals surface area contributed by atoms with Crippen molar-refractivity contribution < 1.29 is 14.3 Å². The van der Waals surface area contributed by atoms with E-state index in [0.717, 1.165) is 63.1 Å². The molecule has 0 aromatic carbocycles. The summed E-state index contributed by atoms with van der Waals surface area (Å²) >= 11 is 0. The van der Waals surface area contributed by atoms with Crippen molar-refractivity contribution >= 4 is 11.6 Å². The monoisotopic (exact) mass is 300 g/mol. The summed E-state index contributed by atoms with van der Waals surface area (Å²) in [7, 11) is 0. The number of aromatic nitrogens is 1. The van der Waals surface area contributed by atoms with Crippen LogP contribution in [-0.2, 0) is 19.7 Å². The highest BCUT2D eigenvalue weighted by molar-refractivity contribution is 6.06. The third kappa shape index (κ3) is 1.56. The second-order valence-corrected chi connectivity index (χ2v) is 7.40. The number of anilines is 1. The molecule has 22 heavy (non-hydrogen) atoms. The molecule has 116 valence electrons. The molecule has 0 bridgehead atoms. The van der Waals surface area contributed by atoms with E-state index in [1.165, 1.54) is 0 Å². The van der Waals surface area contributed by atoms with Gasteiger partial charge in [-0.25, -0.2) is 0 Å². The SMILES string of the molecule is O=C1Nc2cccnc2C12CC1(CCC3(CC1)OCCO3)C2. The van der Waals surface area contributed by atoms with E-state index in [1.54, 1.807) is 6.20 Å². The lowest BCUT2D eigenvalue weighted by atomic mass is 9.47. The Hall–Kier alpha value is -1.46. The Morgan fingerprint density at radius 1 is 1.09 bits per heavy atom. The normalized spacial score (nSPS) is 29.5. The van der Waals surface area contributed by atoms with Gasteiger partial charge >= 0.3 is 0 Å². The van der Waals surface area contributed by atoms with Crippen LogP contribution in [0.1, 0.15) is 44.2 Å². The van der Waals surface area contributed by atoms with Crippen molar-refractivity contribution in [3.63, 3.8) is 0 Å². The van der Waals surface area contributed by atoms with Crippen LogP contribution < -0.4 is 5.32 Å². The average molecular weight is 300 g/mol. The van der Waals surface area contributed by atoms with E-state index < -0.39 is 0 Å². The van der Waals surface area contributed by atoms with Gasteiger partial charge in [-0.2, -0.15) is 0 Å². The molecule has 3 heterocycles. The van der Waals surface area contributed by atoms with Crippen molar-refractivity contribution in [3.05, 3.63) is 24.0 Å². The lowest BCUT2D eigenvalue weighted by Crippen LogP contribution is -2.56. The van der Waals surface area contributed by atoms with E-state index in [0.29, 0.717) is 0 Å². The number of nitrogens with one attached hydrogen (secondary N) is 1. The highest BCUT2D eigenvalue weighted by atomic mass is 16.7. The van der Waals surface area contributed by atoms with Gasteiger partial charge in [-0.15, -0.1) is 0 Å². The first kappa shape index (κ1) is 13.0. The highest BCUT2D eigenvalue weighted by Crippen LogP contribution is 2.65. The van der Waals surface area contributed by atoms with E-state index >= 15 is 0 Å². The quantitative estimate of drug-likeness (QED) is 0.799. The van der Waals surface area contributed by atoms with Gasteiger partial charge in [-0.3, -0.25) is 9.78 Å². The standard InChI is InChI=1S/C17H20N2O3/c20-14-16(13-12(19-14)2-1-7-18-13)10-15(11-16)3-5-17(6-4-15)21-8-9-22-17/h1-2,7H,3-6,8-11H2,(H,19,20).